The van der Waals surface area contributed by atoms with Gasteiger partial charge in [-0.15, -0.1) is 23.2 Å². The van der Waals surface area contributed by atoms with Gasteiger partial charge in [0.2, 0.25) is 0 Å². The van der Waals surface area contributed by atoms with E-state index < -0.39 is 23.6 Å². The van der Waals surface area contributed by atoms with Crippen LogP contribution in [0.4, 0.5) is 5.69 Å². The van der Waals surface area contributed by atoms with Crippen LogP contribution in [0.2, 0.25) is 5.02 Å². The fraction of sp³-hybridized carbons (Fsp3) is 0.111. The van der Waals surface area contributed by atoms with E-state index >= 15 is 0 Å². The molecule has 140 valence electrons. The second-order valence-electron chi connectivity index (χ2n) is 5.13. The number of nitrogens with zero attached hydrogens (tertiary/aromatic N) is 2. The third-order valence-corrected chi connectivity index (χ3v) is 4.05. The summed E-state index contributed by atoms with van der Waals surface area (Å²) >= 11 is 16.9. The first-order chi connectivity index (χ1) is 13.0. The first kappa shape index (κ1) is 20.9. The van der Waals surface area contributed by atoms with Crippen molar-refractivity contribution >= 4 is 64.4 Å². The molecule has 2 amide bonds. The topological polar surface area (TPSA) is 78.8 Å². The van der Waals surface area contributed by atoms with Gasteiger partial charge in [0.15, 0.2) is 5.78 Å². The Hall–Kier alpha value is -2.41. The van der Waals surface area contributed by atoms with Crippen molar-refractivity contribution in [3.05, 3.63) is 64.7 Å². The lowest BCUT2D eigenvalue weighted by Gasteiger charge is -2.17. The largest absolute Gasteiger partial charge is 0.289 e. The number of rotatable bonds is 7. The van der Waals surface area contributed by atoms with Crippen LogP contribution in [0.15, 0.2) is 53.5 Å². The van der Waals surface area contributed by atoms with Crippen LogP contribution in [0.1, 0.15) is 15.9 Å². The molecule has 0 aliphatic rings. The second kappa shape index (κ2) is 10.1. The summed E-state index contributed by atoms with van der Waals surface area (Å²) in [6.45, 7) is 0. The number of carbonyl (C=O) groups is 3. The van der Waals surface area contributed by atoms with Gasteiger partial charge in [-0.1, -0.05) is 41.9 Å². The predicted molar refractivity (Wildman–Crippen MR) is 106 cm³/mol. The number of hydrogen-bond acceptors (Lipinski definition) is 4. The summed E-state index contributed by atoms with van der Waals surface area (Å²) in [4.78, 5) is 40.2. The lowest BCUT2D eigenvalue weighted by Crippen LogP contribution is -2.47. The number of carbonyl (C=O) groups excluding carboxylic acids is 3. The van der Waals surface area contributed by atoms with Gasteiger partial charge in [-0.3, -0.25) is 19.8 Å². The number of hydrogen-bond donors (Lipinski definition) is 1. The molecule has 6 nitrogen and oxygen atoms in total. The number of hydrazine groups is 1. The number of nitrogens with one attached hydrogen (secondary N) is 1. The predicted octanol–water partition coefficient (Wildman–Crippen LogP) is 3.57. The van der Waals surface area contributed by atoms with Crippen LogP contribution in [0, 0.1) is 0 Å². The number of alkyl halides is 2. The molecule has 0 aliphatic heterocycles. The van der Waals surface area contributed by atoms with Crippen LogP contribution in [0.3, 0.4) is 0 Å². The summed E-state index contributed by atoms with van der Waals surface area (Å²) < 4.78 is 0. The standard InChI is InChI=1S/C18H14Cl3N3O3/c19-9-16(25)24(17(26)10-20)23-11-22-15-7-6-13(21)8-14(15)18(27)12-4-2-1-3-5-12/h1-8,11H,9-10H2,(H,22,23). The van der Waals surface area contributed by atoms with Crippen molar-refractivity contribution in [2.45, 2.75) is 0 Å². The first-order valence-electron chi connectivity index (χ1n) is 7.63. The van der Waals surface area contributed by atoms with Gasteiger partial charge in [0.1, 0.15) is 18.1 Å². The van der Waals surface area contributed by atoms with Crippen LogP contribution >= 0.6 is 34.8 Å². The van der Waals surface area contributed by atoms with Crippen molar-refractivity contribution in [2.75, 3.05) is 11.8 Å². The molecule has 27 heavy (non-hydrogen) atoms. The molecule has 2 aromatic carbocycles. The SMILES string of the molecule is O=C(c1ccccc1)c1cc(Cl)ccc1N=CNN(C(=O)CCl)C(=O)CCl. The Morgan fingerprint density at radius 1 is 1.00 bits per heavy atom. The Kier molecular flexibility index (Phi) is 7.79. The zero-order valence-electron chi connectivity index (χ0n) is 13.9. The highest BCUT2D eigenvalue weighted by Crippen LogP contribution is 2.25. The Bertz CT molecular complexity index is 857. The van der Waals surface area contributed by atoms with Crippen molar-refractivity contribution in [2.24, 2.45) is 4.99 Å². The van der Waals surface area contributed by atoms with Crippen molar-refractivity contribution in [1.29, 1.82) is 0 Å². The van der Waals surface area contributed by atoms with E-state index in [9.17, 15) is 14.4 Å². The highest BCUT2D eigenvalue weighted by molar-refractivity contribution is 6.32. The van der Waals surface area contributed by atoms with Crippen LogP contribution in [0.5, 0.6) is 0 Å². The molecule has 0 atom stereocenters. The molecule has 2 rings (SSSR count). The van der Waals surface area contributed by atoms with Gasteiger partial charge in [-0.25, -0.2) is 4.99 Å². The van der Waals surface area contributed by atoms with Crippen LogP contribution in [-0.4, -0.2) is 40.7 Å². The summed E-state index contributed by atoms with van der Waals surface area (Å²) in [5, 5.41) is 1.02. The van der Waals surface area contributed by atoms with Gasteiger partial charge >= 0.3 is 0 Å². The van der Waals surface area contributed by atoms with E-state index in [2.05, 4.69) is 10.4 Å². The minimum Gasteiger partial charge on any atom is -0.289 e. The van der Waals surface area contributed by atoms with Crippen molar-refractivity contribution < 1.29 is 14.4 Å². The molecule has 1 N–H and O–H groups in total. The highest BCUT2D eigenvalue weighted by atomic mass is 35.5. The van der Waals surface area contributed by atoms with E-state index in [1.54, 1.807) is 42.5 Å². The van der Waals surface area contributed by atoms with Crippen molar-refractivity contribution in [3.8, 4) is 0 Å². The fourth-order valence-corrected chi connectivity index (χ4v) is 2.52. The zero-order chi connectivity index (χ0) is 19.8. The van der Waals surface area contributed by atoms with Gasteiger partial charge < -0.3 is 0 Å². The summed E-state index contributed by atoms with van der Waals surface area (Å²) in [5.74, 6) is -2.48. The van der Waals surface area contributed by atoms with Gasteiger partial charge in [-0.2, -0.15) is 5.01 Å². The molecule has 0 aliphatic carbocycles. The molecule has 0 unspecified atom stereocenters. The lowest BCUT2D eigenvalue weighted by molar-refractivity contribution is -0.143. The average Bonchev–Trinajstić information content (AvgIpc) is 2.71. The van der Waals surface area contributed by atoms with E-state index in [1.807, 2.05) is 0 Å². The zero-order valence-corrected chi connectivity index (χ0v) is 16.1. The smallest absolute Gasteiger partial charge is 0.263 e. The molecule has 0 radical (unpaired) electrons. The molecule has 2 aromatic rings. The van der Waals surface area contributed by atoms with Gasteiger partial charge in [0, 0.05) is 16.1 Å². The summed E-state index contributed by atoms with van der Waals surface area (Å²) in [5.41, 5.74) is 3.46. The Morgan fingerprint density at radius 3 is 2.22 bits per heavy atom. The second-order valence-corrected chi connectivity index (χ2v) is 6.11. The number of imide groups is 1. The molecule has 0 fully saturated rings. The number of halogens is 3. The third-order valence-electron chi connectivity index (χ3n) is 3.36. The van der Waals surface area contributed by atoms with Crippen LogP contribution < -0.4 is 5.43 Å². The number of amides is 2. The van der Waals surface area contributed by atoms with Gasteiger partial charge in [-0.05, 0) is 18.2 Å². The first-order valence-corrected chi connectivity index (χ1v) is 9.08. The summed E-state index contributed by atoms with van der Waals surface area (Å²) in [6, 6.07) is 13.3. The van der Waals surface area contributed by atoms with E-state index in [4.69, 9.17) is 34.8 Å². The molecular weight excluding hydrogens is 413 g/mol. The Morgan fingerprint density at radius 2 is 1.63 bits per heavy atom. The maximum atomic E-state index is 12.7. The average molecular weight is 427 g/mol. The molecule has 0 spiro atoms. The Labute approximate surface area is 170 Å². The van der Waals surface area contributed by atoms with Crippen LogP contribution in [-0.2, 0) is 9.59 Å². The quantitative estimate of drug-likeness (QED) is 0.241. The minimum atomic E-state index is -0.689. The van der Waals surface area contributed by atoms with E-state index in [0.717, 1.165) is 6.34 Å². The van der Waals surface area contributed by atoms with Crippen LogP contribution in [0.25, 0.3) is 0 Å². The summed E-state index contributed by atoms with van der Waals surface area (Å²) in [7, 11) is 0. The van der Waals surface area contributed by atoms with E-state index in [0.29, 0.717) is 21.3 Å². The molecule has 0 aromatic heterocycles. The maximum absolute atomic E-state index is 12.7. The molecule has 0 saturated carbocycles. The summed E-state index contributed by atoms with van der Waals surface area (Å²) in [6.07, 6.45) is 1.10. The molecule has 9 heteroatoms. The van der Waals surface area contributed by atoms with E-state index in [-0.39, 0.29) is 11.3 Å². The molecule has 0 bridgehead atoms. The Balaban J connectivity index is 2.28. The molecular formula is C18H14Cl3N3O3. The van der Waals surface area contributed by atoms with Crippen molar-refractivity contribution in [1.82, 2.24) is 10.4 Å². The molecule has 0 heterocycles. The highest BCUT2D eigenvalue weighted by Gasteiger charge is 2.19. The third kappa shape index (κ3) is 5.53. The molecule has 0 saturated heterocycles. The van der Waals surface area contributed by atoms with Gasteiger partial charge in [0.05, 0.1) is 5.69 Å². The number of ketones is 1. The minimum absolute atomic E-state index is 0.268. The van der Waals surface area contributed by atoms with Crippen molar-refractivity contribution in [3.63, 3.8) is 0 Å². The van der Waals surface area contributed by atoms with E-state index in [1.165, 1.54) is 6.07 Å². The fourth-order valence-electron chi connectivity index (χ4n) is 2.11. The number of benzene rings is 2. The number of aliphatic imine (C=N–C) groups is 1. The normalized spacial score (nSPS) is 10.6. The van der Waals surface area contributed by atoms with Gasteiger partial charge in [0.25, 0.3) is 11.8 Å². The monoisotopic (exact) mass is 425 g/mol. The lowest BCUT2D eigenvalue weighted by atomic mass is 10.0. The maximum Gasteiger partial charge on any atom is 0.263 e.